The van der Waals surface area contributed by atoms with Crippen LogP contribution in [0.2, 0.25) is 0 Å². The van der Waals surface area contributed by atoms with E-state index in [4.69, 9.17) is 5.73 Å². The van der Waals surface area contributed by atoms with Crippen molar-refractivity contribution in [3.05, 3.63) is 12.2 Å². The van der Waals surface area contributed by atoms with Crippen molar-refractivity contribution >= 4 is 5.78 Å². The zero-order valence-electron chi connectivity index (χ0n) is 7.71. The van der Waals surface area contributed by atoms with Crippen LogP contribution in [0.15, 0.2) is 12.2 Å². The van der Waals surface area contributed by atoms with Crippen molar-refractivity contribution in [2.75, 3.05) is 14.1 Å². The lowest BCUT2D eigenvalue weighted by molar-refractivity contribution is -0.123. The molecule has 2 N–H and O–H groups in total. The van der Waals surface area contributed by atoms with Gasteiger partial charge in [0.1, 0.15) is 0 Å². The molecule has 12 heavy (non-hydrogen) atoms. The van der Waals surface area contributed by atoms with E-state index in [1.54, 1.807) is 0 Å². The summed E-state index contributed by atoms with van der Waals surface area (Å²) < 4.78 is 0. The first kappa shape index (κ1) is 9.42. The van der Waals surface area contributed by atoms with E-state index in [-0.39, 0.29) is 17.9 Å². The highest BCUT2D eigenvalue weighted by Crippen LogP contribution is 2.21. The van der Waals surface area contributed by atoms with Gasteiger partial charge in [0.15, 0.2) is 5.78 Å². The second-order valence-corrected chi connectivity index (χ2v) is 3.55. The molecule has 1 saturated carbocycles. The fourth-order valence-electron chi connectivity index (χ4n) is 1.65. The number of hydrogen-bond acceptors (Lipinski definition) is 3. The zero-order valence-corrected chi connectivity index (χ0v) is 7.71. The van der Waals surface area contributed by atoms with Crippen LogP contribution in [-0.2, 0) is 4.79 Å². The molecule has 0 aromatic carbocycles. The monoisotopic (exact) mass is 168 g/mol. The molecule has 2 unspecified atom stereocenters. The van der Waals surface area contributed by atoms with Crippen LogP contribution in [-0.4, -0.2) is 36.9 Å². The van der Waals surface area contributed by atoms with Crippen LogP contribution < -0.4 is 5.73 Å². The van der Waals surface area contributed by atoms with Gasteiger partial charge in [-0.1, -0.05) is 6.58 Å². The minimum absolute atomic E-state index is 0.00454. The Morgan fingerprint density at radius 3 is 2.58 bits per heavy atom. The molecule has 0 aliphatic heterocycles. The van der Waals surface area contributed by atoms with Gasteiger partial charge in [0.05, 0.1) is 6.04 Å². The third-order valence-electron chi connectivity index (χ3n) is 2.35. The van der Waals surface area contributed by atoms with Gasteiger partial charge in [-0.25, -0.2) is 0 Å². The Kier molecular flexibility index (Phi) is 2.65. The van der Waals surface area contributed by atoms with Gasteiger partial charge in [0.2, 0.25) is 0 Å². The first-order chi connectivity index (χ1) is 5.54. The van der Waals surface area contributed by atoms with Gasteiger partial charge in [0, 0.05) is 12.5 Å². The summed E-state index contributed by atoms with van der Waals surface area (Å²) in [5, 5.41) is 0. The van der Waals surface area contributed by atoms with Gasteiger partial charge in [-0.2, -0.15) is 0 Å². The Bertz CT molecular complexity index is 211. The van der Waals surface area contributed by atoms with Gasteiger partial charge >= 0.3 is 0 Å². The second kappa shape index (κ2) is 3.37. The summed E-state index contributed by atoms with van der Waals surface area (Å²) in [7, 11) is 3.76. The smallest absolute Gasteiger partial charge is 0.154 e. The van der Waals surface area contributed by atoms with E-state index in [2.05, 4.69) is 6.58 Å². The molecule has 0 aromatic heterocycles. The van der Waals surface area contributed by atoms with E-state index in [9.17, 15) is 4.79 Å². The Labute approximate surface area is 73.2 Å². The number of carbonyl (C=O) groups excluding carboxylic acids is 1. The van der Waals surface area contributed by atoms with Crippen molar-refractivity contribution in [2.45, 2.75) is 24.9 Å². The highest BCUT2D eigenvalue weighted by Gasteiger charge is 2.31. The van der Waals surface area contributed by atoms with Gasteiger partial charge in [-0.3, -0.25) is 9.69 Å². The molecule has 2 atom stereocenters. The van der Waals surface area contributed by atoms with Crippen LogP contribution in [0, 0.1) is 0 Å². The van der Waals surface area contributed by atoms with Gasteiger partial charge in [-0.15, -0.1) is 0 Å². The third-order valence-corrected chi connectivity index (χ3v) is 2.35. The first-order valence-corrected chi connectivity index (χ1v) is 4.17. The molecule has 68 valence electrons. The summed E-state index contributed by atoms with van der Waals surface area (Å²) in [5.74, 6) is 0.242. The van der Waals surface area contributed by atoms with Crippen molar-refractivity contribution in [3.63, 3.8) is 0 Å². The van der Waals surface area contributed by atoms with E-state index in [0.29, 0.717) is 6.42 Å². The van der Waals surface area contributed by atoms with Gasteiger partial charge < -0.3 is 5.73 Å². The van der Waals surface area contributed by atoms with Crippen molar-refractivity contribution in [1.82, 2.24) is 4.90 Å². The Balaban J connectivity index is 2.79. The molecular formula is C9H16N2O. The highest BCUT2D eigenvalue weighted by atomic mass is 16.1. The number of hydrogen-bond donors (Lipinski definition) is 1. The lowest BCUT2D eigenvalue weighted by atomic mass is 9.86. The van der Waals surface area contributed by atoms with Crippen LogP contribution in [0.25, 0.3) is 0 Å². The van der Waals surface area contributed by atoms with E-state index >= 15 is 0 Å². The SMILES string of the molecule is C=C1C(N)CCC(=O)C1N(C)C. The molecule has 0 saturated heterocycles. The first-order valence-electron chi connectivity index (χ1n) is 4.17. The average molecular weight is 168 g/mol. The molecule has 1 aliphatic rings. The molecule has 0 aromatic rings. The van der Waals surface area contributed by atoms with Crippen molar-refractivity contribution in [2.24, 2.45) is 5.73 Å². The lowest BCUT2D eigenvalue weighted by Crippen LogP contribution is -2.46. The molecule has 3 heteroatoms. The van der Waals surface area contributed by atoms with E-state index in [1.165, 1.54) is 0 Å². The number of nitrogens with two attached hydrogens (primary N) is 1. The second-order valence-electron chi connectivity index (χ2n) is 3.55. The third kappa shape index (κ3) is 1.57. The minimum Gasteiger partial charge on any atom is -0.324 e. The Morgan fingerprint density at radius 1 is 1.58 bits per heavy atom. The predicted molar refractivity (Wildman–Crippen MR) is 48.8 cm³/mol. The molecular weight excluding hydrogens is 152 g/mol. The van der Waals surface area contributed by atoms with E-state index in [0.717, 1.165) is 12.0 Å². The maximum absolute atomic E-state index is 11.4. The molecule has 0 amide bonds. The van der Waals surface area contributed by atoms with Gasteiger partial charge in [0.25, 0.3) is 0 Å². The summed E-state index contributed by atoms with van der Waals surface area (Å²) in [6, 6.07) is -0.163. The topological polar surface area (TPSA) is 46.3 Å². The summed E-state index contributed by atoms with van der Waals surface area (Å²) in [6.45, 7) is 3.86. The number of ketones is 1. The Morgan fingerprint density at radius 2 is 2.17 bits per heavy atom. The molecule has 3 nitrogen and oxygen atoms in total. The van der Waals surface area contributed by atoms with Crippen LogP contribution in [0.5, 0.6) is 0 Å². The number of nitrogens with zero attached hydrogens (tertiary/aromatic N) is 1. The molecule has 0 heterocycles. The van der Waals surface area contributed by atoms with Crippen LogP contribution in [0.3, 0.4) is 0 Å². The van der Waals surface area contributed by atoms with Gasteiger partial charge in [-0.05, 0) is 26.1 Å². The normalized spacial score (nSPS) is 31.3. The largest absolute Gasteiger partial charge is 0.324 e. The maximum atomic E-state index is 11.4. The highest BCUT2D eigenvalue weighted by molar-refractivity contribution is 5.88. The average Bonchev–Trinajstić information content (AvgIpc) is 1.97. The van der Waals surface area contributed by atoms with E-state index in [1.807, 2.05) is 19.0 Å². The zero-order chi connectivity index (χ0) is 9.30. The van der Waals surface area contributed by atoms with Crippen molar-refractivity contribution < 1.29 is 4.79 Å². The lowest BCUT2D eigenvalue weighted by Gasteiger charge is -2.32. The standard InChI is InChI=1S/C9H16N2O/c1-6-7(10)4-5-8(12)9(6)11(2)3/h7,9H,1,4-5,10H2,2-3H3. The molecule has 0 bridgehead atoms. The maximum Gasteiger partial charge on any atom is 0.154 e. The summed E-state index contributed by atoms with van der Waals surface area (Å²) in [6.07, 6.45) is 1.34. The molecule has 1 fully saturated rings. The number of rotatable bonds is 1. The molecule has 0 spiro atoms. The van der Waals surface area contributed by atoms with Crippen LogP contribution in [0.1, 0.15) is 12.8 Å². The minimum atomic E-state index is -0.159. The number of likely N-dealkylation sites (N-methyl/N-ethyl adjacent to an activating group) is 1. The summed E-state index contributed by atoms with van der Waals surface area (Å²) in [4.78, 5) is 13.3. The van der Waals surface area contributed by atoms with Crippen LogP contribution >= 0.6 is 0 Å². The molecule has 0 radical (unpaired) electrons. The summed E-state index contributed by atoms with van der Waals surface area (Å²) in [5.41, 5.74) is 6.65. The quantitative estimate of drug-likeness (QED) is 0.567. The van der Waals surface area contributed by atoms with E-state index < -0.39 is 0 Å². The predicted octanol–water partition coefficient (Wildman–Crippen LogP) is 0.163. The van der Waals surface area contributed by atoms with Crippen molar-refractivity contribution in [1.29, 1.82) is 0 Å². The molecule has 1 aliphatic carbocycles. The summed E-state index contributed by atoms with van der Waals surface area (Å²) >= 11 is 0. The molecule has 1 rings (SSSR count). The van der Waals surface area contributed by atoms with Crippen molar-refractivity contribution in [3.8, 4) is 0 Å². The fraction of sp³-hybridized carbons (Fsp3) is 0.667. The fourth-order valence-corrected chi connectivity index (χ4v) is 1.65. The van der Waals surface area contributed by atoms with Crippen LogP contribution in [0.4, 0.5) is 0 Å². The number of Topliss-reactive ketones (excluding diaryl/α,β-unsaturated/α-hetero) is 1. The number of carbonyl (C=O) groups is 1. The Hall–Kier alpha value is -0.670.